The van der Waals surface area contributed by atoms with Crippen LogP contribution in [-0.4, -0.2) is 68.0 Å². The Morgan fingerprint density at radius 3 is 2.48 bits per heavy atom. The summed E-state index contributed by atoms with van der Waals surface area (Å²) in [5, 5.41) is 9.18. The van der Waals surface area contributed by atoms with E-state index in [0.717, 1.165) is 43.1 Å². The molecule has 2 rings (SSSR count). The van der Waals surface area contributed by atoms with Gasteiger partial charge in [-0.15, -0.1) is 0 Å². The van der Waals surface area contributed by atoms with Gasteiger partial charge in [0, 0.05) is 13.1 Å². The molecule has 0 amide bonds. The van der Waals surface area contributed by atoms with Crippen LogP contribution in [-0.2, 0) is 15.0 Å². The molecule has 2 fully saturated rings. The van der Waals surface area contributed by atoms with Crippen LogP contribution >= 0.6 is 0 Å². The quantitative estimate of drug-likeness (QED) is 0.750. The number of likely N-dealkylation sites (tertiary alicyclic amines) is 1. The molecule has 0 radical (unpaired) electrons. The second-order valence-corrected chi connectivity index (χ2v) is 7.77. The van der Waals surface area contributed by atoms with E-state index < -0.39 is 22.2 Å². The second kappa shape index (κ2) is 7.04. The van der Waals surface area contributed by atoms with Crippen molar-refractivity contribution in [3.05, 3.63) is 0 Å². The second-order valence-electron chi connectivity index (χ2n) is 6.06. The van der Waals surface area contributed by atoms with E-state index in [1.54, 1.807) is 0 Å². The van der Waals surface area contributed by atoms with Crippen molar-refractivity contribution < 1.29 is 18.3 Å². The minimum Gasteiger partial charge on any atom is -0.480 e. The maximum absolute atomic E-state index is 12.3. The summed E-state index contributed by atoms with van der Waals surface area (Å²) in [6, 6.07) is -0.922. The molecule has 1 atom stereocenters. The third-order valence-corrected chi connectivity index (χ3v) is 6.03. The van der Waals surface area contributed by atoms with Crippen molar-refractivity contribution in [2.75, 3.05) is 33.2 Å². The third kappa shape index (κ3) is 4.38. The van der Waals surface area contributed by atoms with Crippen LogP contribution in [0.4, 0.5) is 0 Å². The predicted molar refractivity (Wildman–Crippen MR) is 79.1 cm³/mol. The lowest BCUT2D eigenvalue weighted by Crippen LogP contribution is -2.53. The Morgan fingerprint density at radius 1 is 1.19 bits per heavy atom. The molecule has 0 aromatic carbocycles. The van der Waals surface area contributed by atoms with Crippen molar-refractivity contribution >= 4 is 16.2 Å². The van der Waals surface area contributed by atoms with Crippen LogP contribution in [0.3, 0.4) is 0 Å². The number of carboxylic acid groups (broad SMARTS) is 1. The molecule has 21 heavy (non-hydrogen) atoms. The lowest BCUT2D eigenvalue weighted by Gasteiger charge is -2.33. The highest BCUT2D eigenvalue weighted by Crippen LogP contribution is 2.21. The number of piperidine rings is 2. The van der Waals surface area contributed by atoms with Crippen molar-refractivity contribution in [1.82, 2.24) is 13.9 Å². The van der Waals surface area contributed by atoms with Gasteiger partial charge in [0.2, 0.25) is 0 Å². The third-order valence-electron chi connectivity index (χ3n) is 4.44. The average Bonchev–Trinajstić information content (AvgIpc) is 2.47. The molecule has 8 heteroatoms. The van der Waals surface area contributed by atoms with E-state index in [0.29, 0.717) is 25.4 Å². The van der Waals surface area contributed by atoms with Crippen molar-refractivity contribution in [1.29, 1.82) is 0 Å². The van der Waals surface area contributed by atoms with Gasteiger partial charge in [0.15, 0.2) is 0 Å². The number of carbonyl (C=O) groups is 1. The first kappa shape index (κ1) is 16.7. The fourth-order valence-electron chi connectivity index (χ4n) is 3.01. The number of rotatable bonds is 5. The standard InChI is InChI=1S/C13H25N3O4S/c1-15-8-5-11(6-9-15)10-14-21(19,20)16-7-3-2-4-12(16)13(17)18/h11-12,14H,2-10H2,1H3,(H,17,18). The summed E-state index contributed by atoms with van der Waals surface area (Å²) >= 11 is 0. The van der Waals surface area contributed by atoms with Crippen molar-refractivity contribution in [3.8, 4) is 0 Å². The number of hydrogen-bond acceptors (Lipinski definition) is 4. The highest BCUT2D eigenvalue weighted by Gasteiger charge is 2.36. The normalized spacial score (nSPS) is 26.8. The molecule has 2 N–H and O–H groups in total. The molecule has 2 saturated heterocycles. The average molecular weight is 319 g/mol. The van der Waals surface area contributed by atoms with Gasteiger partial charge in [-0.3, -0.25) is 4.79 Å². The zero-order chi connectivity index (χ0) is 15.5. The zero-order valence-electron chi connectivity index (χ0n) is 12.5. The summed E-state index contributed by atoms with van der Waals surface area (Å²) in [5.74, 6) is -0.719. The maximum Gasteiger partial charge on any atom is 0.322 e. The van der Waals surface area contributed by atoms with Crippen LogP contribution in [0.2, 0.25) is 0 Å². The minimum absolute atomic E-state index is 0.291. The predicted octanol–water partition coefficient (Wildman–Crippen LogP) is 0.102. The van der Waals surface area contributed by atoms with Gasteiger partial charge in [-0.2, -0.15) is 12.7 Å². The lowest BCUT2D eigenvalue weighted by atomic mass is 9.98. The first-order valence-electron chi connectivity index (χ1n) is 7.58. The van der Waals surface area contributed by atoms with Crippen LogP contribution < -0.4 is 4.72 Å². The van der Waals surface area contributed by atoms with E-state index in [-0.39, 0.29) is 0 Å². The highest BCUT2D eigenvalue weighted by atomic mass is 32.2. The van der Waals surface area contributed by atoms with E-state index in [1.165, 1.54) is 0 Å². The van der Waals surface area contributed by atoms with E-state index in [2.05, 4.69) is 16.7 Å². The van der Waals surface area contributed by atoms with Gasteiger partial charge in [0.1, 0.15) is 6.04 Å². The fourth-order valence-corrected chi connectivity index (χ4v) is 4.52. The molecule has 0 aromatic rings. The monoisotopic (exact) mass is 319 g/mol. The number of hydrogen-bond donors (Lipinski definition) is 2. The molecule has 0 aliphatic carbocycles. The van der Waals surface area contributed by atoms with Crippen molar-refractivity contribution in [2.45, 2.75) is 38.1 Å². The van der Waals surface area contributed by atoms with Gasteiger partial charge >= 0.3 is 5.97 Å². The van der Waals surface area contributed by atoms with E-state index >= 15 is 0 Å². The SMILES string of the molecule is CN1CCC(CNS(=O)(=O)N2CCCCC2C(=O)O)CC1. The Kier molecular flexibility index (Phi) is 5.59. The molecule has 2 heterocycles. The van der Waals surface area contributed by atoms with Crippen LogP contribution in [0, 0.1) is 5.92 Å². The van der Waals surface area contributed by atoms with Crippen LogP contribution in [0.1, 0.15) is 32.1 Å². The molecule has 2 aliphatic rings. The minimum atomic E-state index is -3.70. The Hall–Kier alpha value is -0.700. The van der Waals surface area contributed by atoms with Crippen LogP contribution in [0.5, 0.6) is 0 Å². The first-order chi connectivity index (χ1) is 9.90. The van der Waals surface area contributed by atoms with E-state index in [9.17, 15) is 18.3 Å². The molecule has 0 spiro atoms. The molecule has 7 nitrogen and oxygen atoms in total. The molecule has 0 saturated carbocycles. The van der Waals surface area contributed by atoms with Gasteiger partial charge in [-0.1, -0.05) is 0 Å². The maximum atomic E-state index is 12.3. The van der Waals surface area contributed by atoms with E-state index in [1.807, 2.05) is 0 Å². The molecular weight excluding hydrogens is 294 g/mol. The van der Waals surface area contributed by atoms with Crippen LogP contribution in [0.15, 0.2) is 0 Å². The molecule has 0 bridgehead atoms. The number of carboxylic acids is 1. The summed E-state index contributed by atoms with van der Waals surface area (Å²) in [7, 11) is -1.64. The summed E-state index contributed by atoms with van der Waals surface area (Å²) in [6.07, 6.45) is 3.82. The molecular formula is C13H25N3O4S. The molecule has 2 aliphatic heterocycles. The number of nitrogens with zero attached hydrogens (tertiary/aromatic N) is 2. The Morgan fingerprint density at radius 2 is 1.86 bits per heavy atom. The largest absolute Gasteiger partial charge is 0.480 e. The van der Waals surface area contributed by atoms with Gasteiger partial charge in [0.05, 0.1) is 0 Å². The van der Waals surface area contributed by atoms with Gasteiger partial charge in [-0.25, -0.2) is 4.72 Å². The smallest absolute Gasteiger partial charge is 0.322 e. The first-order valence-corrected chi connectivity index (χ1v) is 9.02. The Labute approximate surface area is 126 Å². The summed E-state index contributed by atoms with van der Waals surface area (Å²) in [5.41, 5.74) is 0. The van der Waals surface area contributed by atoms with Crippen molar-refractivity contribution in [2.24, 2.45) is 5.92 Å². The topological polar surface area (TPSA) is 90.0 Å². The summed E-state index contributed by atoms with van der Waals surface area (Å²) in [4.78, 5) is 13.4. The summed E-state index contributed by atoms with van der Waals surface area (Å²) < 4.78 is 28.4. The highest BCUT2D eigenvalue weighted by molar-refractivity contribution is 7.87. The van der Waals surface area contributed by atoms with Crippen molar-refractivity contribution in [3.63, 3.8) is 0 Å². The molecule has 122 valence electrons. The van der Waals surface area contributed by atoms with Gasteiger partial charge in [0.25, 0.3) is 10.2 Å². The number of aliphatic carboxylic acids is 1. The van der Waals surface area contributed by atoms with Crippen LogP contribution in [0.25, 0.3) is 0 Å². The van der Waals surface area contributed by atoms with Gasteiger partial charge < -0.3 is 10.0 Å². The number of nitrogens with one attached hydrogen (secondary N) is 1. The lowest BCUT2D eigenvalue weighted by molar-refractivity contribution is -0.142. The Bertz CT molecular complexity index is 460. The van der Waals surface area contributed by atoms with Gasteiger partial charge in [-0.05, 0) is 58.2 Å². The summed E-state index contributed by atoms with van der Waals surface area (Å²) in [6.45, 7) is 2.65. The fraction of sp³-hybridized carbons (Fsp3) is 0.923. The Balaban J connectivity index is 1.92. The zero-order valence-corrected chi connectivity index (χ0v) is 13.3. The molecule has 0 aromatic heterocycles. The molecule has 1 unspecified atom stereocenters. The van der Waals surface area contributed by atoms with E-state index in [4.69, 9.17) is 0 Å².